The topological polar surface area (TPSA) is 36.8 Å². The molecule has 1 aromatic rings. The van der Waals surface area contributed by atoms with Gasteiger partial charge in [0.2, 0.25) is 0 Å². The van der Waals surface area contributed by atoms with Gasteiger partial charge in [0.25, 0.3) is 0 Å². The zero-order chi connectivity index (χ0) is 9.52. The molecular formula is C11H14NO+. The molecule has 0 heterocycles. The van der Waals surface area contributed by atoms with Gasteiger partial charge >= 0.3 is 0 Å². The first kappa shape index (κ1) is 9.79. The molecule has 0 aromatic heterocycles. The number of quaternary nitrogens is 1. The summed E-state index contributed by atoms with van der Waals surface area (Å²) in [6.45, 7) is 0.847. The number of aliphatic hydroxyl groups is 1. The van der Waals surface area contributed by atoms with Crippen LogP contribution in [0.1, 0.15) is 5.56 Å². The van der Waals surface area contributed by atoms with Gasteiger partial charge in [-0.05, 0) is 5.92 Å². The molecule has 0 saturated heterocycles. The van der Waals surface area contributed by atoms with Crippen molar-refractivity contribution in [1.82, 2.24) is 0 Å². The molecule has 0 aliphatic carbocycles. The fourth-order valence-corrected chi connectivity index (χ4v) is 1.09. The highest BCUT2D eigenvalue weighted by Crippen LogP contribution is 1.94. The lowest BCUT2D eigenvalue weighted by molar-refractivity contribution is -0.693. The number of hydrogen-bond acceptors (Lipinski definition) is 1. The minimum absolute atomic E-state index is 0.0311. The van der Waals surface area contributed by atoms with Gasteiger partial charge in [-0.2, -0.15) is 0 Å². The van der Waals surface area contributed by atoms with Crippen molar-refractivity contribution in [3.63, 3.8) is 0 Å². The molecule has 0 aliphatic heterocycles. The van der Waals surface area contributed by atoms with Crippen molar-refractivity contribution in [1.29, 1.82) is 0 Å². The van der Waals surface area contributed by atoms with Gasteiger partial charge in [-0.15, -0.1) is 6.42 Å². The minimum atomic E-state index is -0.125. The highest BCUT2D eigenvalue weighted by molar-refractivity contribution is 5.13. The SMILES string of the molecule is C#CC(CO)[NH2+]Cc1ccccc1. The van der Waals surface area contributed by atoms with E-state index >= 15 is 0 Å². The second-order valence-electron chi connectivity index (χ2n) is 2.88. The fraction of sp³-hybridized carbons (Fsp3) is 0.273. The van der Waals surface area contributed by atoms with Gasteiger partial charge in [0, 0.05) is 5.56 Å². The Kier molecular flexibility index (Phi) is 4.04. The second kappa shape index (κ2) is 5.36. The van der Waals surface area contributed by atoms with Crippen LogP contribution in [0.15, 0.2) is 30.3 Å². The highest BCUT2D eigenvalue weighted by Gasteiger charge is 2.04. The zero-order valence-electron chi connectivity index (χ0n) is 7.48. The number of hydrogen-bond donors (Lipinski definition) is 2. The summed E-state index contributed by atoms with van der Waals surface area (Å²) < 4.78 is 0. The Morgan fingerprint density at radius 1 is 1.38 bits per heavy atom. The first-order valence-electron chi connectivity index (χ1n) is 4.31. The fourth-order valence-electron chi connectivity index (χ4n) is 1.09. The smallest absolute Gasteiger partial charge is 0.171 e. The van der Waals surface area contributed by atoms with Gasteiger partial charge in [-0.25, -0.2) is 0 Å². The molecule has 1 unspecified atom stereocenters. The van der Waals surface area contributed by atoms with Crippen molar-refractivity contribution in [3.8, 4) is 12.3 Å². The maximum absolute atomic E-state index is 8.83. The number of aliphatic hydroxyl groups excluding tert-OH is 1. The Morgan fingerprint density at radius 2 is 2.08 bits per heavy atom. The molecule has 0 aliphatic rings. The van der Waals surface area contributed by atoms with Gasteiger partial charge in [-0.3, -0.25) is 0 Å². The Balaban J connectivity index is 2.40. The zero-order valence-corrected chi connectivity index (χ0v) is 7.48. The number of nitrogens with two attached hydrogens (primary N) is 1. The Bertz CT molecular complexity index is 276. The lowest BCUT2D eigenvalue weighted by Crippen LogP contribution is -2.89. The average molecular weight is 176 g/mol. The summed E-state index contributed by atoms with van der Waals surface area (Å²) in [5, 5.41) is 10.8. The molecule has 0 bridgehead atoms. The van der Waals surface area contributed by atoms with E-state index in [1.807, 2.05) is 35.6 Å². The largest absolute Gasteiger partial charge is 0.389 e. The summed E-state index contributed by atoms with van der Waals surface area (Å²) in [6.07, 6.45) is 5.21. The minimum Gasteiger partial charge on any atom is -0.389 e. The van der Waals surface area contributed by atoms with Crippen LogP contribution < -0.4 is 5.32 Å². The Hall–Kier alpha value is -1.30. The van der Waals surface area contributed by atoms with Crippen LogP contribution in [0.3, 0.4) is 0 Å². The van der Waals surface area contributed by atoms with Crippen molar-refractivity contribution < 1.29 is 10.4 Å². The van der Waals surface area contributed by atoms with Crippen LogP contribution in [0.2, 0.25) is 0 Å². The maximum Gasteiger partial charge on any atom is 0.171 e. The van der Waals surface area contributed by atoms with Gasteiger partial charge in [0.05, 0.1) is 0 Å². The molecule has 1 rings (SSSR count). The van der Waals surface area contributed by atoms with Crippen molar-refractivity contribution in [2.24, 2.45) is 0 Å². The van der Waals surface area contributed by atoms with Gasteiger partial charge < -0.3 is 10.4 Å². The predicted molar refractivity (Wildman–Crippen MR) is 51.8 cm³/mol. The average Bonchev–Trinajstić information content (AvgIpc) is 2.21. The summed E-state index contributed by atoms with van der Waals surface area (Å²) in [5.41, 5.74) is 1.22. The van der Waals surface area contributed by atoms with E-state index in [9.17, 15) is 0 Å². The standard InChI is InChI=1S/C11H13NO/c1-2-11(9-13)12-8-10-6-4-3-5-7-10/h1,3-7,11-13H,8-9H2/p+1. The molecule has 0 spiro atoms. The highest BCUT2D eigenvalue weighted by atomic mass is 16.3. The molecule has 0 fully saturated rings. The summed E-state index contributed by atoms with van der Waals surface area (Å²) in [7, 11) is 0. The van der Waals surface area contributed by atoms with Crippen LogP contribution >= 0.6 is 0 Å². The van der Waals surface area contributed by atoms with E-state index in [1.54, 1.807) is 0 Å². The molecule has 0 amide bonds. The van der Waals surface area contributed by atoms with Crippen LogP contribution in [0.25, 0.3) is 0 Å². The second-order valence-corrected chi connectivity index (χ2v) is 2.88. The molecule has 3 N–H and O–H groups in total. The van der Waals surface area contributed by atoms with Crippen molar-refractivity contribution in [2.45, 2.75) is 12.6 Å². The van der Waals surface area contributed by atoms with E-state index in [0.29, 0.717) is 0 Å². The van der Waals surface area contributed by atoms with E-state index in [2.05, 4.69) is 5.92 Å². The third-order valence-electron chi connectivity index (χ3n) is 1.89. The van der Waals surface area contributed by atoms with Gasteiger partial charge in [0.15, 0.2) is 6.04 Å². The first-order valence-corrected chi connectivity index (χ1v) is 4.31. The van der Waals surface area contributed by atoms with Crippen molar-refractivity contribution in [2.75, 3.05) is 6.61 Å². The van der Waals surface area contributed by atoms with E-state index in [-0.39, 0.29) is 12.6 Å². The molecule has 1 atom stereocenters. The lowest BCUT2D eigenvalue weighted by Gasteiger charge is -2.05. The first-order chi connectivity index (χ1) is 6.36. The quantitative estimate of drug-likeness (QED) is 0.610. The Morgan fingerprint density at radius 3 is 2.62 bits per heavy atom. The summed E-state index contributed by atoms with van der Waals surface area (Å²) in [4.78, 5) is 0. The molecule has 68 valence electrons. The maximum atomic E-state index is 8.83. The molecular weight excluding hydrogens is 162 g/mol. The van der Waals surface area contributed by atoms with Crippen LogP contribution in [0.4, 0.5) is 0 Å². The summed E-state index contributed by atoms with van der Waals surface area (Å²) in [5.74, 6) is 2.52. The lowest BCUT2D eigenvalue weighted by atomic mass is 10.2. The van der Waals surface area contributed by atoms with Crippen LogP contribution in [-0.2, 0) is 6.54 Å². The third-order valence-corrected chi connectivity index (χ3v) is 1.89. The normalized spacial score (nSPS) is 12.0. The molecule has 0 radical (unpaired) electrons. The van der Waals surface area contributed by atoms with Gasteiger partial charge in [-0.1, -0.05) is 30.3 Å². The van der Waals surface area contributed by atoms with Crippen molar-refractivity contribution >= 4 is 0 Å². The van der Waals surface area contributed by atoms with Crippen LogP contribution in [0, 0.1) is 12.3 Å². The van der Waals surface area contributed by atoms with Crippen LogP contribution in [-0.4, -0.2) is 17.8 Å². The molecule has 2 nitrogen and oxygen atoms in total. The monoisotopic (exact) mass is 176 g/mol. The van der Waals surface area contributed by atoms with E-state index in [4.69, 9.17) is 11.5 Å². The number of rotatable bonds is 4. The molecule has 13 heavy (non-hydrogen) atoms. The van der Waals surface area contributed by atoms with Crippen molar-refractivity contribution in [3.05, 3.63) is 35.9 Å². The van der Waals surface area contributed by atoms with E-state index < -0.39 is 0 Å². The molecule has 2 heteroatoms. The number of benzene rings is 1. The molecule has 1 aromatic carbocycles. The summed E-state index contributed by atoms with van der Waals surface area (Å²) >= 11 is 0. The summed E-state index contributed by atoms with van der Waals surface area (Å²) in [6, 6.07) is 9.93. The van der Waals surface area contributed by atoms with Gasteiger partial charge in [0.1, 0.15) is 13.2 Å². The van der Waals surface area contributed by atoms with E-state index in [1.165, 1.54) is 5.56 Å². The predicted octanol–water partition coefficient (Wildman–Crippen LogP) is -0.256. The number of terminal acetylenes is 1. The van der Waals surface area contributed by atoms with Crippen LogP contribution in [0.5, 0.6) is 0 Å². The van der Waals surface area contributed by atoms with E-state index in [0.717, 1.165) is 6.54 Å². The third kappa shape index (κ3) is 3.29. The molecule has 0 saturated carbocycles. The Labute approximate surface area is 78.6 Å².